The fraction of sp³-hybridized carbons (Fsp3) is 0.400. The van der Waals surface area contributed by atoms with E-state index in [4.69, 9.17) is 11.6 Å². The molecule has 33 heavy (non-hydrogen) atoms. The lowest BCUT2D eigenvalue weighted by Crippen LogP contribution is -2.25. The molecule has 0 unspecified atom stereocenters. The molecule has 0 aliphatic rings. The van der Waals surface area contributed by atoms with Gasteiger partial charge in [0, 0.05) is 25.8 Å². The van der Waals surface area contributed by atoms with Crippen molar-refractivity contribution in [3.05, 3.63) is 66.0 Å². The van der Waals surface area contributed by atoms with Crippen LogP contribution in [0.4, 0.5) is 10.2 Å². The molecule has 1 heterocycles. The molecule has 0 aliphatic carbocycles. The van der Waals surface area contributed by atoms with Crippen molar-refractivity contribution >= 4 is 34.7 Å². The third-order valence-corrected chi connectivity index (χ3v) is 5.38. The highest BCUT2D eigenvalue weighted by Crippen LogP contribution is 2.26. The van der Waals surface area contributed by atoms with Crippen molar-refractivity contribution in [1.29, 1.82) is 0 Å². The van der Waals surface area contributed by atoms with Crippen LogP contribution in [0.2, 0.25) is 5.28 Å². The molecule has 6 nitrogen and oxygen atoms in total. The van der Waals surface area contributed by atoms with Gasteiger partial charge in [0.1, 0.15) is 11.5 Å². The van der Waals surface area contributed by atoms with Gasteiger partial charge in [-0.15, -0.1) is 0 Å². The van der Waals surface area contributed by atoms with Crippen LogP contribution in [0.1, 0.15) is 57.2 Å². The highest BCUT2D eigenvalue weighted by Gasteiger charge is 2.17. The molecular weight excluding hydrogens is 439 g/mol. The summed E-state index contributed by atoms with van der Waals surface area (Å²) in [6.45, 7) is 13.8. The van der Waals surface area contributed by atoms with Gasteiger partial charge in [-0.2, -0.15) is 4.98 Å². The zero-order chi connectivity index (χ0) is 24.2. The van der Waals surface area contributed by atoms with Crippen LogP contribution in [0.3, 0.4) is 0 Å². The molecule has 1 aromatic carbocycles. The molecular formula is C25H34ClFN6. The van der Waals surface area contributed by atoms with Gasteiger partial charge in [-0.25, -0.2) is 9.38 Å². The van der Waals surface area contributed by atoms with E-state index in [1.165, 1.54) is 6.07 Å². The van der Waals surface area contributed by atoms with Crippen molar-refractivity contribution < 1.29 is 4.39 Å². The van der Waals surface area contributed by atoms with Crippen molar-refractivity contribution in [2.75, 3.05) is 25.5 Å². The largest absolute Gasteiger partial charge is 0.370 e. The SMILES string of the molecule is C=CNc1nc(Cl)[nH]c1C(=C)N(CCCC)CCCCC(C)=NC(=NC)c1ccccc1F. The third kappa shape index (κ3) is 7.86. The highest BCUT2D eigenvalue weighted by molar-refractivity contribution is 6.28. The number of nitrogens with one attached hydrogen (secondary N) is 2. The normalized spacial score (nSPS) is 12.0. The molecule has 8 heteroatoms. The van der Waals surface area contributed by atoms with Gasteiger partial charge in [0.15, 0.2) is 11.7 Å². The summed E-state index contributed by atoms with van der Waals surface area (Å²) in [5.74, 6) is 0.717. The number of benzene rings is 1. The number of aromatic nitrogens is 2. The Bertz CT molecular complexity index is 995. The zero-order valence-corrected chi connectivity index (χ0v) is 20.6. The van der Waals surface area contributed by atoms with Crippen molar-refractivity contribution in [2.24, 2.45) is 9.98 Å². The Morgan fingerprint density at radius 2 is 2.00 bits per heavy atom. The number of halogens is 2. The van der Waals surface area contributed by atoms with Gasteiger partial charge in [0.05, 0.1) is 11.3 Å². The van der Waals surface area contributed by atoms with E-state index in [0.29, 0.717) is 22.5 Å². The topological polar surface area (TPSA) is 68.7 Å². The second-order valence-electron chi connectivity index (χ2n) is 7.72. The zero-order valence-electron chi connectivity index (χ0n) is 19.8. The van der Waals surface area contributed by atoms with E-state index in [2.05, 4.69) is 50.3 Å². The Labute approximate surface area is 201 Å². The van der Waals surface area contributed by atoms with Crippen molar-refractivity contribution in [2.45, 2.75) is 46.0 Å². The van der Waals surface area contributed by atoms with E-state index < -0.39 is 0 Å². The summed E-state index contributed by atoms with van der Waals surface area (Å²) in [6.07, 6.45) is 6.43. The Hall–Kier alpha value is -2.93. The summed E-state index contributed by atoms with van der Waals surface area (Å²) < 4.78 is 14.1. The summed E-state index contributed by atoms with van der Waals surface area (Å²) in [5, 5.41) is 3.31. The molecule has 0 amide bonds. The minimum Gasteiger partial charge on any atom is -0.370 e. The first-order valence-electron chi connectivity index (χ1n) is 11.2. The van der Waals surface area contributed by atoms with Crippen LogP contribution in [0.15, 0.2) is 53.6 Å². The molecule has 0 aliphatic heterocycles. The maximum Gasteiger partial charge on any atom is 0.202 e. The van der Waals surface area contributed by atoms with E-state index in [1.807, 2.05) is 6.92 Å². The first kappa shape index (κ1) is 26.3. The first-order chi connectivity index (χ1) is 15.9. The average molecular weight is 473 g/mol. The van der Waals surface area contributed by atoms with Gasteiger partial charge >= 0.3 is 0 Å². The highest BCUT2D eigenvalue weighted by atomic mass is 35.5. The molecule has 178 valence electrons. The first-order valence-corrected chi connectivity index (χ1v) is 11.6. The number of hydrogen-bond acceptors (Lipinski definition) is 4. The predicted octanol–water partition coefficient (Wildman–Crippen LogP) is 6.54. The van der Waals surface area contributed by atoms with E-state index in [1.54, 1.807) is 31.4 Å². The Kier molecular flexibility index (Phi) is 10.8. The summed E-state index contributed by atoms with van der Waals surface area (Å²) >= 11 is 6.08. The third-order valence-electron chi connectivity index (χ3n) is 5.21. The molecule has 0 spiro atoms. The van der Waals surface area contributed by atoms with Crippen molar-refractivity contribution in [1.82, 2.24) is 14.9 Å². The van der Waals surface area contributed by atoms with Crippen LogP contribution in [0.5, 0.6) is 0 Å². The fourth-order valence-electron chi connectivity index (χ4n) is 3.44. The molecule has 0 saturated heterocycles. The van der Waals surface area contributed by atoms with Crippen molar-refractivity contribution in [3.63, 3.8) is 0 Å². The van der Waals surface area contributed by atoms with Crippen LogP contribution in [0.25, 0.3) is 5.70 Å². The number of unbranched alkanes of at least 4 members (excludes halogenated alkanes) is 2. The van der Waals surface area contributed by atoms with Gasteiger partial charge in [-0.3, -0.25) is 4.99 Å². The molecule has 0 radical (unpaired) electrons. The number of imidazole rings is 1. The quantitative estimate of drug-likeness (QED) is 0.197. The number of aliphatic imine (C=N–C) groups is 2. The smallest absolute Gasteiger partial charge is 0.202 e. The number of hydrogen-bond donors (Lipinski definition) is 2. The number of nitrogens with zero attached hydrogens (tertiary/aromatic N) is 4. The van der Waals surface area contributed by atoms with Crippen LogP contribution >= 0.6 is 11.6 Å². The lowest BCUT2D eigenvalue weighted by molar-refractivity contribution is 0.377. The Balaban J connectivity index is 1.98. The summed E-state index contributed by atoms with van der Waals surface area (Å²) in [6, 6.07) is 6.57. The molecule has 0 atom stereocenters. The van der Waals surface area contributed by atoms with Gasteiger partial charge < -0.3 is 15.2 Å². The van der Waals surface area contributed by atoms with Crippen LogP contribution in [0, 0.1) is 5.82 Å². The number of amidine groups is 1. The monoisotopic (exact) mass is 472 g/mol. The average Bonchev–Trinajstić information content (AvgIpc) is 3.17. The number of anilines is 1. The fourth-order valence-corrected chi connectivity index (χ4v) is 3.62. The summed E-state index contributed by atoms with van der Waals surface area (Å²) in [7, 11) is 1.63. The lowest BCUT2D eigenvalue weighted by Gasteiger charge is -2.26. The Morgan fingerprint density at radius 1 is 1.27 bits per heavy atom. The molecule has 2 aromatic rings. The molecule has 1 aromatic heterocycles. The minimum absolute atomic E-state index is 0.307. The molecule has 0 saturated carbocycles. The maximum atomic E-state index is 14.1. The second kappa shape index (κ2) is 13.6. The lowest BCUT2D eigenvalue weighted by atomic mass is 10.1. The van der Waals surface area contributed by atoms with Crippen LogP contribution < -0.4 is 5.32 Å². The van der Waals surface area contributed by atoms with E-state index in [-0.39, 0.29) is 5.82 Å². The van der Waals surface area contributed by atoms with Crippen molar-refractivity contribution in [3.8, 4) is 0 Å². The van der Waals surface area contributed by atoms with Gasteiger partial charge in [0.25, 0.3) is 0 Å². The van der Waals surface area contributed by atoms with E-state index in [0.717, 1.165) is 62.3 Å². The second-order valence-corrected chi connectivity index (χ2v) is 8.08. The Morgan fingerprint density at radius 3 is 2.67 bits per heavy atom. The predicted molar refractivity (Wildman–Crippen MR) is 139 cm³/mol. The van der Waals surface area contributed by atoms with Gasteiger partial charge in [-0.05, 0) is 62.5 Å². The summed E-state index contributed by atoms with van der Waals surface area (Å²) in [5.41, 5.74) is 2.96. The van der Waals surface area contributed by atoms with Crippen LogP contribution in [-0.4, -0.2) is 46.6 Å². The standard InChI is InChI=1S/C25H34ClFN6/c1-6-8-16-33(19(4)22-24(29-7-2)32-25(26)31-22)17-12-11-13-18(3)30-23(28-5)20-14-9-10-15-21(20)27/h7,9-10,14-15,29H,2,4,6,8,11-13,16-17H2,1,3,5H3,(H,31,32). The van der Waals surface area contributed by atoms with Gasteiger partial charge in [0.2, 0.25) is 5.28 Å². The number of H-pyrrole nitrogens is 1. The number of rotatable bonds is 13. The van der Waals surface area contributed by atoms with E-state index >= 15 is 0 Å². The molecule has 0 fully saturated rings. The van der Waals surface area contributed by atoms with Gasteiger partial charge in [-0.1, -0.05) is 38.6 Å². The number of aromatic amines is 1. The summed E-state index contributed by atoms with van der Waals surface area (Å²) in [4.78, 5) is 18.3. The van der Waals surface area contributed by atoms with Crippen LogP contribution in [-0.2, 0) is 0 Å². The molecule has 2 rings (SSSR count). The molecule has 0 bridgehead atoms. The molecule has 2 N–H and O–H groups in total. The maximum absolute atomic E-state index is 14.1. The van der Waals surface area contributed by atoms with E-state index in [9.17, 15) is 4.39 Å². The minimum atomic E-state index is -0.316.